The van der Waals surface area contributed by atoms with Gasteiger partial charge in [0.2, 0.25) is 0 Å². The van der Waals surface area contributed by atoms with Gasteiger partial charge in [-0.3, -0.25) is 4.79 Å². The first-order valence-corrected chi connectivity index (χ1v) is 14.1. The number of rotatable bonds is 8. The predicted molar refractivity (Wildman–Crippen MR) is 160 cm³/mol. The molecule has 0 spiro atoms. The van der Waals surface area contributed by atoms with Gasteiger partial charge in [-0.25, -0.2) is 4.39 Å². The molecule has 1 unspecified atom stereocenters. The molecule has 208 valence electrons. The number of carbonyl (C=O) groups is 1. The van der Waals surface area contributed by atoms with Crippen molar-refractivity contribution in [3.8, 4) is 16.9 Å². The summed E-state index contributed by atoms with van der Waals surface area (Å²) < 4.78 is 19.8. The number of carboxylic acids is 1. The number of benzene rings is 3. The third-order valence-corrected chi connectivity index (χ3v) is 8.81. The molecule has 1 saturated heterocycles. The Kier molecular flexibility index (Phi) is 8.04. The SMILES string of the molecule is COc1ccc(F)c(-c2ccc(Cc3ccc(N4C[C@@H](C5(C)C=CC=C(Cl)C5)C[C@@H]4CC(=O)O)cc3)c(C)c2)c1. The number of anilines is 1. The van der Waals surface area contributed by atoms with Crippen LogP contribution in [0.3, 0.4) is 0 Å². The normalized spacial score (nSPS) is 22.3. The number of methoxy groups -OCH3 is 1. The molecular weight excluding hydrogens is 525 g/mol. The lowest BCUT2D eigenvalue weighted by Crippen LogP contribution is -2.32. The van der Waals surface area contributed by atoms with Crippen molar-refractivity contribution in [2.24, 2.45) is 11.3 Å². The summed E-state index contributed by atoms with van der Waals surface area (Å²) in [5, 5.41) is 10.5. The maximum atomic E-state index is 14.5. The van der Waals surface area contributed by atoms with Gasteiger partial charge in [0.25, 0.3) is 0 Å². The Morgan fingerprint density at radius 3 is 2.60 bits per heavy atom. The number of nitrogens with zero attached hydrogens (tertiary/aromatic N) is 1. The molecule has 0 aromatic heterocycles. The second-order valence-electron chi connectivity index (χ2n) is 11.3. The van der Waals surface area contributed by atoms with E-state index < -0.39 is 5.97 Å². The zero-order chi connectivity index (χ0) is 28.4. The molecule has 1 heterocycles. The van der Waals surface area contributed by atoms with Gasteiger partial charge >= 0.3 is 5.97 Å². The zero-order valence-electron chi connectivity index (χ0n) is 23.2. The molecule has 1 aliphatic heterocycles. The molecule has 1 fully saturated rings. The molecular formula is C34H35ClFNO3. The van der Waals surface area contributed by atoms with Crippen molar-refractivity contribution < 1.29 is 19.0 Å². The van der Waals surface area contributed by atoms with Crippen molar-refractivity contribution >= 4 is 23.3 Å². The van der Waals surface area contributed by atoms with Crippen LogP contribution in [0.15, 0.2) is 83.9 Å². The van der Waals surface area contributed by atoms with Crippen LogP contribution in [0.1, 0.15) is 42.9 Å². The molecule has 0 amide bonds. The molecule has 3 atom stereocenters. The fraction of sp³-hybridized carbons (Fsp3) is 0.324. The molecule has 40 heavy (non-hydrogen) atoms. The van der Waals surface area contributed by atoms with E-state index in [4.69, 9.17) is 16.3 Å². The number of hydrogen-bond acceptors (Lipinski definition) is 3. The number of hydrogen-bond donors (Lipinski definition) is 1. The summed E-state index contributed by atoms with van der Waals surface area (Å²) in [5.41, 5.74) is 5.73. The first-order chi connectivity index (χ1) is 19.1. The van der Waals surface area contributed by atoms with E-state index >= 15 is 0 Å². The van der Waals surface area contributed by atoms with Crippen molar-refractivity contribution in [1.29, 1.82) is 0 Å². The van der Waals surface area contributed by atoms with E-state index in [1.165, 1.54) is 11.6 Å². The highest BCUT2D eigenvalue weighted by Crippen LogP contribution is 2.46. The van der Waals surface area contributed by atoms with Crippen LogP contribution in [-0.4, -0.2) is 30.8 Å². The maximum absolute atomic E-state index is 14.5. The van der Waals surface area contributed by atoms with Gasteiger partial charge in [0.05, 0.1) is 13.5 Å². The minimum absolute atomic E-state index is 0.0601. The molecule has 1 aliphatic carbocycles. The molecule has 0 radical (unpaired) electrons. The molecule has 1 N–H and O–H groups in total. The Morgan fingerprint density at radius 2 is 1.93 bits per heavy atom. The van der Waals surface area contributed by atoms with Crippen LogP contribution < -0.4 is 9.64 Å². The highest BCUT2D eigenvalue weighted by atomic mass is 35.5. The van der Waals surface area contributed by atoms with Crippen LogP contribution >= 0.6 is 11.6 Å². The van der Waals surface area contributed by atoms with Crippen LogP contribution in [0.25, 0.3) is 11.1 Å². The van der Waals surface area contributed by atoms with Gasteiger partial charge in [-0.15, -0.1) is 0 Å². The number of aryl methyl sites for hydroxylation is 1. The summed E-state index contributed by atoms with van der Waals surface area (Å²) >= 11 is 6.39. The number of allylic oxidation sites excluding steroid dienone is 4. The van der Waals surface area contributed by atoms with Crippen LogP contribution in [0.2, 0.25) is 0 Å². The van der Waals surface area contributed by atoms with Crippen molar-refractivity contribution in [2.45, 2.75) is 45.6 Å². The van der Waals surface area contributed by atoms with Gasteiger partial charge in [-0.1, -0.05) is 61.0 Å². The lowest BCUT2D eigenvalue weighted by atomic mass is 9.71. The van der Waals surface area contributed by atoms with E-state index in [2.05, 4.69) is 48.2 Å². The quantitative estimate of drug-likeness (QED) is 0.302. The molecule has 6 heteroatoms. The molecule has 4 nitrogen and oxygen atoms in total. The minimum Gasteiger partial charge on any atom is -0.497 e. The smallest absolute Gasteiger partial charge is 0.305 e. The largest absolute Gasteiger partial charge is 0.497 e. The lowest BCUT2D eigenvalue weighted by Gasteiger charge is -2.34. The van der Waals surface area contributed by atoms with Crippen LogP contribution in [0.4, 0.5) is 10.1 Å². The number of halogens is 2. The standard InChI is InChI=1S/C34H35ClFNO3/c1-22-15-25(31-19-30(40-3)12-13-32(31)36)9-8-24(22)16-23-6-10-28(11-7-23)37-21-26(17-29(37)18-33(38)39)34(2)14-4-5-27(35)20-34/h4-15,19,26,29H,16-18,20-21H2,1-3H3,(H,38,39)/t26-,29+,34?/m0/s1. The fourth-order valence-corrected chi connectivity index (χ4v) is 6.54. The van der Waals surface area contributed by atoms with E-state index in [1.54, 1.807) is 19.2 Å². The maximum Gasteiger partial charge on any atom is 0.305 e. The molecule has 0 bridgehead atoms. The number of carboxylic acid groups (broad SMARTS) is 1. The van der Waals surface area contributed by atoms with Crippen molar-refractivity contribution in [3.05, 3.63) is 106 Å². The Hall–Kier alpha value is -3.57. The van der Waals surface area contributed by atoms with Crippen LogP contribution in [-0.2, 0) is 11.2 Å². The average molecular weight is 560 g/mol. The summed E-state index contributed by atoms with van der Waals surface area (Å²) in [6, 6.07) is 19.2. The zero-order valence-corrected chi connectivity index (χ0v) is 23.9. The second-order valence-corrected chi connectivity index (χ2v) is 11.8. The van der Waals surface area contributed by atoms with E-state index in [9.17, 15) is 14.3 Å². The van der Waals surface area contributed by atoms with E-state index in [0.29, 0.717) is 17.2 Å². The summed E-state index contributed by atoms with van der Waals surface area (Å²) in [6.07, 6.45) is 8.66. The van der Waals surface area contributed by atoms with Crippen molar-refractivity contribution in [1.82, 2.24) is 0 Å². The van der Waals surface area contributed by atoms with Gasteiger partial charge in [0.1, 0.15) is 11.6 Å². The predicted octanol–water partition coefficient (Wildman–Crippen LogP) is 8.16. The molecule has 2 aliphatic rings. The van der Waals surface area contributed by atoms with Gasteiger partial charge in [-0.05, 0) is 96.2 Å². The first-order valence-electron chi connectivity index (χ1n) is 13.7. The topological polar surface area (TPSA) is 49.8 Å². The van der Waals surface area contributed by atoms with Crippen LogP contribution in [0, 0.1) is 24.1 Å². The summed E-state index contributed by atoms with van der Waals surface area (Å²) in [4.78, 5) is 14.0. The highest BCUT2D eigenvalue weighted by Gasteiger charge is 2.43. The fourth-order valence-electron chi connectivity index (χ4n) is 6.18. The van der Waals surface area contributed by atoms with Gasteiger partial charge in [0, 0.05) is 28.9 Å². The Labute approximate surface area is 240 Å². The van der Waals surface area contributed by atoms with Crippen LogP contribution in [0.5, 0.6) is 5.75 Å². The Morgan fingerprint density at radius 1 is 1.15 bits per heavy atom. The number of aliphatic carboxylic acids is 1. The third kappa shape index (κ3) is 5.95. The van der Waals surface area contributed by atoms with E-state index in [1.807, 2.05) is 31.2 Å². The van der Waals surface area contributed by atoms with Gasteiger partial charge < -0.3 is 14.7 Å². The van der Waals surface area contributed by atoms with Crippen molar-refractivity contribution in [3.63, 3.8) is 0 Å². The third-order valence-electron chi connectivity index (χ3n) is 8.55. The summed E-state index contributed by atoms with van der Waals surface area (Å²) in [7, 11) is 1.58. The monoisotopic (exact) mass is 559 g/mol. The molecule has 3 aromatic rings. The van der Waals surface area contributed by atoms with E-state index in [-0.39, 0.29) is 23.7 Å². The highest BCUT2D eigenvalue weighted by molar-refractivity contribution is 6.29. The molecule has 5 rings (SSSR count). The lowest BCUT2D eigenvalue weighted by molar-refractivity contribution is -0.137. The second kappa shape index (κ2) is 11.5. The average Bonchev–Trinajstić information content (AvgIpc) is 3.34. The Bertz CT molecular complexity index is 1460. The minimum atomic E-state index is -0.776. The number of ether oxygens (including phenoxy) is 1. The summed E-state index contributed by atoms with van der Waals surface area (Å²) in [6.45, 7) is 5.07. The molecule has 0 saturated carbocycles. The van der Waals surface area contributed by atoms with Gasteiger partial charge in [0.15, 0.2) is 0 Å². The first kappa shape index (κ1) is 28.0. The summed E-state index contributed by atoms with van der Waals surface area (Å²) in [5.74, 6) is -0.117. The molecule has 3 aromatic carbocycles. The van der Waals surface area contributed by atoms with Gasteiger partial charge in [-0.2, -0.15) is 0 Å². The van der Waals surface area contributed by atoms with E-state index in [0.717, 1.165) is 53.2 Å². The Balaban J connectivity index is 1.32. The van der Waals surface area contributed by atoms with Crippen molar-refractivity contribution in [2.75, 3.05) is 18.6 Å².